The predicted octanol–water partition coefficient (Wildman–Crippen LogP) is 2.73. The van der Waals surface area contributed by atoms with Crippen molar-refractivity contribution in [3.8, 4) is 0 Å². The van der Waals surface area contributed by atoms with Crippen molar-refractivity contribution >= 4 is 23.3 Å². The average molecular weight is 267 g/mol. The SMILES string of the molecule is COC(=O)c1coc(CNc2ccnc(Cl)c2)c1. The molecule has 0 unspecified atom stereocenters. The number of methoxy groups -OCH3 is 1. The molecule has 0 saturated heterocycles. The first-order valence-electron chi connectivity index (χ1n) is 5.20. The van der Waals surface area contributed by atoms with Gasteiger partial charge in [-0.3, -0.25) is 0 Å². The van der Waals surface area contributed by atoms with Gasteiger partial charge < -0.3 is 14.5 Å². The summed E-state index contributed by atoms with van der Waals surface area (Å²) in [5.41, 5.74) is 1.22. The number of furan rings is 1. The van der Waals surface area contributed by atoms with Crippen LogP contribution in [0.3, 0.4) is 0 Å². The van der Waals surface area contributed by atoms with Crippen molar-refractivity contribution in [1.82, 2.24) is 4.98 Å². The van der Waals surface area contributed by atoms with Crippen molar-refractivity contribution in [3.05, 3.63) is 47.1 Å². The number of carbonyl (C=O) groups is 1. The zero-order valence-electron chi connectivity index (χ0n) is 9.64. The molecule has 94 valence electrons. The molecule has 0 spiro atoms. The Bertz CT molecular complexity index is 554. The number of pyridine rings is 1. The first-order valence-corrected chi connectivity index (χ1v) is 5.58. The lowest BCUT2D eigenvalue weighted by molar-refractivity contribution is 0.0600. The largest absolute Gasteiger partial charge is 0.467 e. The lowest BCUT2D eigenvalue weighted by atomic mass is 10.3. The maximum absolute atomic E-state index is 11.2. The number of aromatic nitrogens is 1. The number of ether oxygens (including phenoxy) is 1. The van der Waals surface area contributed by atoms with Gasteiger partial charge in [-0.25, -0.2) is 9.78 Å². The summed E-state index contributed by atoms with van der Waals surface area (Å²) < 4.78 is 9.81. The van der Waals surface area contributed by atoms with Crippen molar-refractivity contribution in [3.63, 3.8) is 0 Å². The third kappa shape index (κ3) is 3.01. The van der Waals surface area contributed by atoms with Gasteiger partial charge in [-0.15, -0.1) is 0 Å². The highest BCUT2D eigenvalue weighted by atomic mass is 35.5. The number of nitrogens with zero attached hydrogens (tertiary/aromatic N) is 1. The van der Waals surface area contributed by atoms with Gasteiger partial charge in [0.05, 0.1) is 19.2 Å². The Morgan fingerprint density at radius 3 is 3.11 bits per heavy atom. The Morgan fingerprint density at radius 1 is 1.56 bits per heavy atom. The molecule has 0 saturated carbocycles. The van der Waals surface area contributed by atoms with Crippen molar-refractivity contribution in [2.45, 2.75) is 6.54 Å². The molecule has 0 fully saturated rings. The quantitative estimate of drug-likeness (QED) is 0.681. The number of hydrogen-bond donors (Lipinski definition) is 1. The second kappa shape index (κ2) is 5.55. The molecule has 0 aliphatic carbocycles. The van der Waals surface area contributed by atoms with E-state index >= 15 is 0 Å². The van der Waals surface area contributed by atoms with Gasteiger partial charge in [0.2, 0.25) is 0 Å². The van der Waals surface area contributed by atoms with Crippen molar-refractivity contribution < 1.29 is 13.9 Å². The summed E-state index contributed by atoms with van der Waals surface area (Å²) in [6, 6.07) is 5.11. The van der Waals surface area contributed by atoms with Crippen LogP contribution in [-0.2, 0) is 11.3 Å². The Morgan fingerprint density at radius 2 is 2.39 bits per heavy atom. The highest BCUT2D eigenvalue weighted by Gasteiger charge is 2.09. The van der Waals surface area contributed by atoms with Gasteiger partial charge in [0, 0.05) is 11.9 Å². The van der Waals surface area contributed by atoms with Gasteiger partial charge in [0.25, 0.3) is 0 Å². The molecule has 2 aromatic rings. The first-order chi connectivity index (χ1) is 8.69. The molecule has 2 heterocycles. The van der Waals surface area contributed by atoms with E-state index in [1.807, 2.05) is 0 Å². The molecule has 0 amide bonds. The van der Waals surface area contributed by atoms with E-state index in [1.54, 1.807) is 24.4 Å². The topological polar surface area (TPSA) is 64.4 Å². The van der Waals surface area contributed by atoms with Crippen LogP contribution in [0.5, 0.6) is 0 Å². The van der Waals surface area contributed by atoms with Crippen molar-refractivity contribution in [2.75, 3.05) is 12.4 Å². The van der Waals surface area contributed by atoms with Crippen LogP contribution in [0.1, 0.15) is 16.1 Å². The molecule has 2 aromatic heterocycles. The molecule has 0 aliphatic rings. The van der Waals surface area contributed by atoms with E-state index in [9.17, 15) is 4.79 Å². The number of rotatable bonds is 4. The number of anilines is 1. The molecule has 18 heavy (non-hydrogen) atoms. The summed E-state index contributed by atoms with van der Waals surface area (Å²) in [6.45, 7) is 0.442. The number of halogens is 1. The number of esters is 1. The minimum absolute atomic E-state index is 0.391. The molecule has 5 nitrogen and oxygen atoms in total. The molecule has 0 radical (unpaired) electrons. The minimum Gasteiger partial charge on any atom is -0.467 e. The fourth-order valence-corrected chi connectivity index (χ4v) is 1.57. The second-order valence-electron chi connectivity index (χ2n) is 3.51. The average Bonchev–Trinajstić information content (AvgIpc) is 2.84. The van der Waals surface area contributed by atoms with E-state index in [0.29, 0.717) is 23.0 Å². The summed E-state index contributed by atoms with van der Waals surface area (Å²) in [5, 5.41) is 3.51. The molecule has 0 aliphatic heterocycles. The van der Waals surface area contributed by atoms with Gasteiger partial charge in [-0.2, -0.15) is 0 Å². The summed E-state index contributed by atoms with van der Waals surface area (Å²) in [5.74, 6) is 0.209. The van der Waals surface area contributed by atoms with Gasteiger partial charge >= 0.3 is 5.97 Å². The van der Waals surface area contributed by atoms with Crippen LogP contribution in [0.4, 0.5) is 5.69 Å². The smallest absolute Gasteiger partial charge is 0.341 e. The number of carbonyl (C=O) groups excluding carboxylic acids is 1. The Kier molecular flexibility index (Phi) is 3.84. The minimum atomic E-state index is -0.419. The predicted molar refractivity (Wildman–Crippen MR) is 66.6 cm³/mol. The first kappa shape index (κ1) is 12.4. The normalized spacial score (nSPS) is 10.1. The molecular weight excluding hydrogens is 256 g/mol. The van der Waals surface area contributed by atoms with Gasteiger partial charge in [0.1, 0.15) is 17.2 Å². The third-order valence-corrected chi connectivity index (χ3v) is 2.47. The maximum atomic E-state index is 11.2. The second-order valence-corrected chi connectivity index (χ2v) is 3.90. The fraction of sp³-hybridized carbons (Fsp3) is 0.167. The summed E-state index contributed by atoms with van der Waals surface area (Å²) in [7, 11) is 1.33. The molecule has 0 aromatic carbocycles. The lowest BCUT2D eigenvalue weighted by Crippen LogP contribution is -2.00. The molecule has 0 bridgehead atoms. The van der Waals surface area contributed by atoms with Crippen LogP contribution in [0, 0.1) is 0 Å². The molecule has 1 N–H and O–H groups in total. The summed E-state index contributed by atoms with van der Waals surface area (Å²) in [4.78, 5) is 15.1. The zero-order valence-corrected chi connectivity index (χ0v) is 10.4. The summed E-state index contributed by atoms with van der Waals surface area (Å²) in [6.07, 6.45) is 2.97. The van der Waals surface area contributed by atoms with E-state index in [1.165, 1.54) is 13.4 Å². The van der Waals surface area contributed by atoms with Crippen LogP contribution in [0.25, 0.3) is 0 Å². The highest BCUT2D eigenvalue weighted by molar-refractivity contribution is 6.29. The standard InChI is InChI=1S/C12H11ClN2O3/c1-17-12(16)8-4-10(18-7-8)6-15-9-2-3-14-11(13)5-9/h2-5,7H,6H2,1H3,(H,14,15). The number of hydrogen-bond acceptors (Lipinski definition) is 5. The molecule has 0 atom stereocenters. The van der Waals surface area contributed by atoms with E-state index < -0.39 is 5.97 Å². The van der Waals surface area contributed by atoms with Crippen LogP contribution < -0.4 is 5.32 Å². The number of nitrogens with one attached hydrogen (secondary N) is 1. The van der Waals surface area contributed by atoms with Crippen LogP contribution in [0.2, 0.25) is 5.15 Å². The van der Waals surface area contributed by atoms with Crippen molar-refractivity contribution in [2.24, 2.45) is 0 Å². The summed E-state index contributed by atoms with van der Waals surface area (Å²) >= 11 is 5.76. The Hall–Kier alpha value is -2.01. The third-order valence-electron chi connectivity index (χ3n) is 2.27. The van der Waals surface area contributed by atoms with E-state index in [4.69, 9.17) is 16.0 Å². The highest BCUT2D eigenvalue weighted by Crippen LogP contribution is 2.14. The van der Waals surface area contributed by atoms with Crippen LogP contribution in [0.15, 0.2) is 35.1 Å². The zero-order chi connectivity index (χ0) is 13.0. The Balaban J connectivity index is 1.98. The molecule has 6 heteroatoms. The molecular formula is C12H11ClN2O3. The fourth-order valence-electron chi connectivity index (χ4n) is 1.40. The van der Waals surface area contributed by atoms with Crippen LogP contribution >= 0.6 is 11.6 Å². The maximum Gasteiger partial charge on any atom is 0.341 e. The Labute approximate surface area is 109 Å². The van der Waals surface area contributed by atoms with Gasteiger partial charge in [-0.1, -0.05) is 11.6 Å². The van der Waals surface area contributed by atoms with E-state index in [2.05, 4.69) is 15.0 Å². The van der Waals surface area contributed by atoms with E-state index in [0.717, 1.165) is 5.69 Å². The van der Waals surface area contributed by atoms with Crippen molar-refractivity contribution in [1.29, 1.82) is 0 Å². The lowest BCUT2D eigenvalue weighted by Gasteiger charge is -2.03. The van der Waals surface area contributed by atoms with Gasteiger partial charge in [-0.05, 0) is 18.2 Å². The monoisotopic (exact) mass is 266 g/mol. The molecule has 2 rings (SSSR count). The van der Waals surface area contributed by atoms with E-state index in [-0.39, 0.29) is 0 Å². The van der Waals surface area contributed by atoms with Crippen LogP contribution in [-0.4, -0.2) is 18.1 Å². The van der Waals surface area contributed by atoms with Gasteiger partial charge in [0.15, 0.2) is 0 Å².